The Bertz CT molecular complexity index is 384. The Labute approximate surface area is 99.8 Å². The highest BCUT2D eigenvalue weighted by atomic mass is 32.2. The zero-order chi connectivity index (χ0) is 12.3. The van der Waals surface area contributed by atoms with Crippen molar-refractivity contribution in [2.45, 2.75) is 31.3 Å². The second-order valence-electron chi connectivity index (χ2n) is 4.19. The van der Waals surface area contributed by atoms with Crippen LogP contribution in [0.4, 0.5) is 0 Å². The van der Waals surface area contributed by atoms with E-state index in [2.05, 4.69) is 4.98 Å². The van der Waals surface area contributed by atoms with Crippen molar-refractivity contribution in [2.24, 2.45) is 11.5 Å². The molecule has 1 amide bonds. The normalized spacial score (nSPS) is 14.5. The fraction of sp³-hybridized carbons (Fsp3) is 0.455. The number of thioether (sulfide) groups is 1. The molecule has 0 aliphatic rings. The lowest BCUT2D eigenvalue weighted by Gasteiger charge is -2.19. The predicted molar refractivity (Wildman–Crippen MR) is 66.2 cm³/mol. The van der Waals surface area contributed by atoms with Gasteiger partial charge in [0.1, 0.15) is 5.54 Å². The van der Waals surface area contributed by atoms with Crippen molar-refractivity contribution in [1.82, 2.24) is 4.98 Å². The van der Waals surface area contributed by atoms with Crippen molar-refractivity contribution in [2.75, 3.05) is 5.75 Å². The highest BCUT2D eigenvalue weighted by Gasteiger charge is 2.25. The minimum absolute atomic E-state index is 0.429. The fourth-order valence-electron chi connectivity index (χ4n) is 1.17. The number of hydrogen-bond acceptors (Lipinski definition) is 4. The van der Waals surface area contributed by atoms with E-state index in [1.807, 2.05) is 26.0 Å². The van der Waals surface area contributed by atoms with Crippen molar-refractivity contribution in [3.8, 4) is 0 Å². The number of rotatable bonds is 4. The number of aryl methyl sites for hydroxylation is 2. The molecule has 4 nitrogen and oxygen atoms in total. The van der Waals surface area contributed by atoms with E-state index in [1.165, 1.54) is 11.8 Å². The Morgan fingerprint density at radius 2 is 2.12 bits per heavy atom. The molecule has 0 radical (unpaired) electrons. The van der Waals surface area contributed by atoms with Crippen LogP contribution in [0, 0.1) is 13.8 Å². The van der Waals surface area contributed by atoms with E-state index in [9.17, 15) is 4.79 Å². The molecule has 0 aromatic carbocycles. The van der Waals surface area contributed by atoms with Crippen molar-refractivity contribution < 1.29 is 4.79 Å². The van der Waals surface area contributed by atoms with Crippen molar-refractivity contribution >= 4 is 17.7 Å². The molecule has 0 spiro atoms. The van der Waals surface area contributed by atoms with Gasteiger partial charge in [-0.2, -0.15) is 0 Å². The van der Waals surface area contributed by atoms with Crippen molar-refractivity contribution in [1.29, 1.82) is 0 Å². The van der Waals surface area contributed by atoms with Gasteiger partial charge >= 0.3 is 0 Å². The summed E-state index contributed by atoms with van der Waals surface area (Å²) in [7, 11) is 0. The summed E-state index contributed by atoms with van der Waals surface area (Å²) >= 11 is 1.45. The third-order valence-corrected chi connectivity index (χ3v) is 3.41. The Morgan fingerprint density at radius 3 is 2.62 bits per heavy atom. The molecule has 0 saturated carbocycles. The SMILES string of the molecule is Cc1cc(C)nc(SCC(C)(N)C(N)=O)c1. The number of pyridine rings is 1. The zero-order valence-corrected chi connectivity index (χ0v) is 10.6. The number of carbonyl (C=O) groups is 1. The van der Waals surface area contributed by atoms with Crippen LogP contribution >= 0.6 is 11.8 Å². The molecule has 4 N–H and O–H groups in total. The van der Waals surface area contributed by atoms with Gasteiger partial charge in [-0.25, -0.2) is 4.98 Å². The van der Waals surface area contributed by atoms with Crippen LogP contribution in [0.1, 0.15) is 18.2 Å². The van der Waals surface area contributed by atoms with E-state index in [1.54, 1.807) is 6.92 Å². The fourth-order valence-corrected chi connectivity index (χ4v) is 2.24. The zero-order valence-electron chi connectivity index (χ0n) is 9.78. The molecule has 1 heterocycles. The number of amides is 1. The molecule has 16 heavy (non-hydrogen) atoms. The number of carbonyl (C=O) groups excluding carboxylic acids is 1. The highest BCUT2D eigenvalue weighted by Crippen LogP contribution is 2.21. The van der Waals surface area contributed by atoms with E-state index in [0.717, 1.165) is 16.3 Å². The molecule has 5 heteroatoms. The lowest BCUT2D eigenvalue weighted by molar-refractivity contribution is -0.121. The van der Waals surface area contributed by atoms with Crippen LogP contribution in [-0.4, -0.2) is 22.2 Å². The molecule has 0 saturated heterocycles. The second-order valence-corrected chi connectivity index (χ2v) is 5.19. The summed E-state index contributed by atoms with van der Waals surface area (Å²) in [6, 6.07) is 3.97. The molecule has 88 valence electrons. The van der Waals surface area contributed by atoms with E-state index in [4.69, 9.17) is 11.5 Å². The maximum absolute atomic E-state index is 11.0. The number of aromatic nitrogens is 1. The van der Waals surface area contributed by atoms with Gasteiger partial charge in [0, 0.05) is 11.4 Å². The first-order valence-electron chi connectivity index (χ1n) is 4.98. The van der Waals surface area contributed by atoms with Crippen LogP contribution in [0.2, 0.25) is 0 Å². The molecular formula is C11H17N3OS. The molecule has 0 bridgehead atoms. The van der Waals surface area contributed by atoms with Crippen LogP contribution in [0.3, 0.4) is 0 Å². The molecule has 0 aliphatic heterocycles. The van der Waals surface area contributed by atoms with Gasteiger partial charge in [0.15, 0.2) is 0 Å². The van der Waals surface area contributed by atoms with Crippen LogP contribution < -0.4 is 11.5 Å². The minimum Gasteiger partial charge on any atom is -0.368 e. The van der Waals surface area contributed by atoms with Gasteiger partial charge in [-0.1, -0.05) is 0 Å². The van der Waals surface area contributed by atoms with Gasteiger partial charge in [-0.15, -0.1) is 11.8 Å². The Balaban J connectivity index is 2.71. The predicted octanol–water partition coefficient (Wildman–Crippen LogP) is 0.993. The highest BCUT2D eigenvalue weighted by molar-refractivity contribution is 7.99. The molecule has 1 aromatic rings. The maximum atomic E-state index is 11.0. The van der Waals surface area contributed by atoms with Crippen LogP contribution in [-0.2, 0) is 4.79 Å². The lowest BCUT2D eigenvalue weighted by Crippen LogP contribution is -2.51. The average Bonchev–Trinajstić information content (AvgIpc) is 2.13. The molecule has 1 unspecified atom stereocenters. The van der Waals surface area contributed by atoms with E-state index < -0.39 is 11.4 Å². The van der Waals surface area contributed by atoms with Gasteiger partial charge in [-0.05, 0) is 38.5 Å². The van der Waals surface area contributed by atoms with Crippen LogP contribution in [0.25, 0.3) is 0 Å². The van der Waals surface area contributed by atoms with E-state index in [-0.39, 0.29) is 0 Å². The van der Waals surface area contributed by atoms with Gasteiger partial charge < -0.3 is 11.5 Å². The largest absolute Gasteiger partial charge is 0.368 e. The lowest BCUT2D eigenvalue weighted by atomic mass is 10.1. The molecule has 0 aliphatic carbocycles. The first-order chi connectivity index (χ1) is 7.31. The van der Waals surface area contributed by atoms with Crippen LogP contribution in [0.15, 0.2) is 17.2 Å². The van der Waals surface area contributed by atoms with E-state index >= 15 is 0 Å². The number of nitrogens with zero attached hydrogens (tertiary/aromatic N) is 1. The summed E-state index contributed by atoms with van der Waals surface area (Å²) in [5.74, 6) is -0.0672. The topological polar surface area (TPSA) is 82.0 Å². The summed E-state index contributed by atoms with van der Waals surface area (Å²) in [5, 5.41) is 0.871. The second kappa shape index (κ2) is 4.84. The molecule has 1 rings (SSSR count). The number of primary amides is 1. The van der Waals surface area contributed by atoms with Gasteiger partial charge in [0.2, 0.25) is 5.91 Å². The van der Waals surface area contributed by atoms with Gasteiger partial charge in [0.25, 0.3) is 0 Å². The van der Waals surface area contributed by atoms with Crippen molar-refractivity contribution in [3.63, 3.8) is 0 Å². The standard InChI is InChI=1S/C11H17N3OS/c1-7-4-8(2)14-9(5-7)16-6-11(3,13)10(12)15/h4-5H,6,13H2,1-3H3,(H2,12,15). The van der Waals surface area contributed by atoms with Gasteiger partial charge in [0.05, 0.1) is 5.03 Å². The summed E-state index contributed by atoms with van der Waals surface area (Å²) in [6.07, 6.45) is 0. The monoisotopic (exact) mass is 239 g/mol. The van der Waals surface area contributed by atoms with Gasteiger partial charge in [-0.3, -0.25) is 4.79 Å². The Kier molecular flexibility index (Phi) is 3.93. The maximum Gasteiger partial charge on any atom is 0.238 e. The van der Waals surface area contributed by atoms with E-state index in [0.29, 0.717) is 5.75 Å². The number of hydrogen-bond donors (Lipinski definition) is 2. The first kappa shape index (κ1) is 13.0. The first-order valence-corrected chi connectivity index (χ1v) is 5.97. The molecular weight excluding hydrogens is 222 g/mol. The summed E-state index contributed by atoms with van der Waals surface area (Å²) < 4.78 is 0. The Hall–Kier alpha value is -1.07. The minimum atomic E-state index is -0.996. The summed E-state index contributed by atoms with van der Waals surface area (Å²) in [5.41, 5.74) is 12.1. The molecule has 1 aromatic heterocycles. The summed E-state index contributed by atoms with van der Waals surface area (Å²) in [6.45, 7) is 5.58. The third-order valence-electron chi connectivity index (χ3n) is 2.16. The van der Waals surface area contributed by atoms with Crippen LogP contribution in [0.5, 0.6) is 0 Å². The number of nitrogens with two attached hydrogens (primary N) is 2. The summed E-state index contributed by atoms with van der Waals surface area (Å²) in [4.78, 5) is 15.4. The average molecular weight is 239 g/mol. The molecule has 0 fully saturated rings. The molecule has 1 atom stereocenters. The quantitative estimate of drug-likeness (QED) is 0.768. The Morgan fingerprint density at radius 1 is 1.50 bits per heavy atom. The van der Waals surface area contributed by atoms with Crippen molar-refractivity contribution in [3.05, 3.63) is 23.4 Å². The third kappa shape index (κ3) is 3.50. The smallest absolute Gasteiger partial charge is 0.238 e.